The lowest BCUT2D eigenvalue weighted by atomic mass is 9.91. The Morgan fingerprint density at radius 2 is 2.29 bits per heavy atom. The highest BCUT2D eigenvalue weighted by Crippen LogP contribution is 2.19. The number of H-pyrrole nitrogens is 1. The summed E-state index contributed by atoms with van der Waals surface area (Å²) in [5.74, 6) is 1.36. The van der Waals surface area contributed by atoms with Crippen molar-refractivity contribution < 1.29 is 0 Å². The Morgan fingerprint density at radius 1 is 1.53 bits per heavy atom. The lowest BCUT2D eigenvalue weighted by molar-refractivity contribution is 0.403. The van der Waals surface area contributed by atoms with Gasteiger partial charge in [0.1, 0.15) is 11.6 Å². The summed E-state index contributed by atoms with van der Waals surface area (Å²) in [6.45, 7) is 1.97. The Balaban J connectivity index is 2.11. The van der Waals surface area contributed by atoms with Gasteiger partial charge in [-0.3, -0.25) is 4.79 Å². The minimum Gasteiger partial charge on any atom is -0.366 e. The van der Waals surface area contributed by atoms with Gasteiger partial charge in [0.2, 0.25) is 0 Å². The first-order valence-corrected chi connectivity index (χ1v) is 6.31. The van der Waals surface area contributed by atoms with E-state index in [0.29, 0.717) is 11.6 Å². The average Bonchev–Trinajstić information content (AvgIpc) is 2.31. The molecule has 0 amide bonds. The van der Waals surface area contributed by atoms with Gasteiger partial charge in [-0.15, -0.1) is 0 Å². The SMILES string of the molecule is CCc1nc(N[C@@H]2CCCC[C@H]2N)cc(=O)[nH]1. The van der Waals surface area contributed by atoms with E-state index in [0.717, 1.165) is 19.3 Å². The highest BCUT2D eigenvalue weighted by Gasteiger charge is 2.21. The molecule has 94 valence electrons. The number of nitrogens with one attached hydrogen (secondary N) is 2. The number of hydrogen-bond donors (Lipinski definition) is 3. The molecule has 1 aromatic heterocycles. The molecular weight excluding hydrogens is 216 g/mol. The molecular formula is C12H20N4O. The maximum atomic E-state index is 11.4. The molecule has 1 heterocycles. The van der Waals surface area contributed by atoms with Crippen molar-refractivity contribution in [2.24, 2.45) is 5.73 Å². The third kappa shape index (κ3) is 3.06. The van der Waals surface area contributed by atoms with Crippen LogP contribution in [0.25, 0.3) is 0 Å². The van der Waals surface area contributed by atoms with Crippen LogP contribution >= 0.6 is 0 Å². The molecule has 0 bridgehead atoms. The van der Waals surface area contributed by atoms with Gasteiger partial charge in [0.05, 0.1) is 0 Å². The fraction of sp³-hybridized carbons (Fsp3) is 0.667. The largest absolute Gasteiger partial charge is 0.366 e. The fourth-order valence-corrected chi connectivity index (χ4v) is 2.28. The highest BCUT2D eigenvalue weighted by atomic mass is 16.1. The van der Waals surface area contributed by atoms with Gasteiger partial charge in [0.15, 0.2) is 0 Å². The predicted molar refractivity (Wildman–Crippen MR) is 68.1 cm³/mol. The van der Waals surface area contributed by atoms with Crippen LogP contribution in [-0.4, -0.2) is 22.1 Å². The van der Waals surface area contributed by atoms with Crippen molar-refractivity contribution in [3.05, 3.63) is 22.2 Å². The van der Waals surface area contributed by atoms with Crippen LogP contribution in [0.4, 0.5) is 5.82 Å². The first-order chi connectivity index (χ1) is 8.19. The molecule has 0 aliphatic heterocycles. The maximum Gasteiger partial charge on any atom is 0.252 e. The summed E-state index contributed by atoms with van der Waals surface area (Å²) in [6.07, 6.45) is 5.21. The number of aryl methyl sites for hydroxylation is 1. The summed E-state index contributed by atoms with van der Waals surface area (Å²) in [5, 5.41) is 3.29. The predicted octanol–water partition coefficient (Wildman–Crippen LogP) is 1.01. The lowest BCUT2D eigenvalue weighted by Crippen LogP contribution is -2.43. The van der Waals surface area contributed by atoms with E-state index in [2.05, 4.69) is 15.3 Å². The van der Waals surface area contributed by atoms with Gasteiger partial charge in [-0.2, -0.15) is 0 Å². The van der Waals surface area contributed by atoms with Gasteiger partial charge in [0.25, 0.3) is 5.56 Å². The molecule has 5 nitrogen and oxygen atoms in total. The quantitative estimate of drug-likeness (QED) is 0.731. The number of aromatic nitrogens is 2. The van der Waals surface area contributed by atoms with Crippen LogP contribution in [0, 0.1) is 0 Å². The Hall–Kier alpha value is -1.36. The van der Waals surface area contributed by atoms with Crippen molar-refractivity contribution in [2.45, 2.75) is 51.1 Å². The van der Waals surface area contributed by atoms with E-state index in [1.54, 1.807) is 0 Å². The van der Waals surface area contributed by atoms with E-state index in [9.17, 15) is 4.79 Å². The Labute approximate surface area is 101 Å². The number of hydrogen-bond acceptors (Lipinski definition) is 4. The molecule has 17 heavy (non-hydrogen) atoms. The van der Waals surface area contributed by atoms with Crippen LogP contribution in [0.5, 0.6) is 0 Å². The average molecular weight is 236 g/mol. The van der Waals surface area contributed by atoms with Crippen LogP contribution in [-0.2, 0) is 6.42 Å². The molecule has 1 aliphatic carbocycles. The van der Waals surface area contributed by atoms with Gasteiger partial charge >= 0.3 is 0 Å². The number of aromatic amines is 1. The van der Waals surface area contributed by atoms with Crippen molar-refractivity contribution >= 4 is 5.82 Å². The lowest BCUT2D eigenvalue weighted by Gasteiger charge is -2.29. The molecule has 4 N–H and O–H groups in total. The molecule has 1 aromatic rings. The molecule has 0 unspecified atom stereocenters. The molecule has 1 saturated carbocycles. The molecule has 1 aliphatic rings. The smallest absolute Gasteiger partial charge is 0.252 e. The number of anilines is 1. The Morgan fingerprint density at radius 3 is 3.00 bits per heavy atom. The van der Waals surface area contributed by atoms with Crippen LogP contribution in [0.1, 0.15) is 38.4 Å². The van der Waals surface area contributed by atoms with E-state index in [1.807, 2.05) is 6.92 Å². The minimum atomic E-state index is -0.108. The van der Waals surface area contributed by atoms with Gasteiger partial charge < -0.3 is 16.0 Å². The number of nitrogens with zero attached hydrogens (tertiary/aromatic N) is 1. The normalized spacial score (nSPS) is 24.6. The molecule has 0 saturated heterocycles. The molecule has 0 aromatic carbocycles. The van der Waals surface area contributed by atoms with E-state index in [1.165, 1.54) is 18.9 Å². The third-order valence-electron chi connectivity index (χ3n) is 3.28. The molecule has 5 heteroatoms. The van der Waals surface area contributed by atoms with E-state index < -0.39 is 0 Å². The fourth-order valence-electron chi connectivity index (χ4n) is 2.28. The van der Waals surface area contributed by atoms with Crippen molar-refractivity contribution in [3.8, 4) is 0 Å². The third-order valence-corrected chi connectivity index (χ3v) is 3.28. The van der Waals surface area contributed by atoms with Crippen molar-refractivity contribution in [1.82, 2.24) is 9.97 Å². The van der Waals surface area contributed by atoms with E-state index >= 15 is 0 Å². The minimum absolute atomic E-state index is 0.108. The second kappa shape index (κ2) is 5.31. The van der Waals surface area contributed by atoms with Crippen molar-refractivity contribution in [3.63, 3.8) is 0 Å². The van der Waals surface area contributed by atoms with Crippen molar-refractivity contribution in [1.29, 1.82) is 0 Å². The summed E-state index contributed by atoms with van der Waals surface area (Å²) < 4.78 is 0. The zero-order valence-corrected chi connectivity index (χ0v) is 10.2. The molecule has 1 fully saturated rings. The van der Waals surface area contributed by atoms with Crippen LogP contribution in [0.15, 0.2) is 10.9 Å². The van der Waals surface area contributed by atoms with E-state index in [4.69, 9.17) is 5.73 Å². The maximum absolute atomic E-state index is 11.4. The van der Waals surface area contributed by atoms with Crippen LogP contribution < -0.4 is 16.6 Å². The monoisotopic (exact) mass is 236 g/mol. The second-order valence-corrected chi connectivity index (χ2v) is 4.63. The van der Waals surface area contributed by atoms with Gasteiger partial charge in [0, 0.05) is 24.6 Å². The Bertz CT molecular complexity index is 429. The molecule has 2 atom stereocenters. The molecule has 0 radical (unpaired) electrons. The van der Waals surface area contributed by atoms with Gasteiger partial charge in [-0.1, -0.05) is 19.8 Å². The first kappa shape index (κ1) is 12.1. The topological polar surface area (TPSA) is 83.8 Å². The van der Waals surface area contributed by atoms with Gasteiger partial charge in [-0.05, 0) is 12.8 Å². The first-order valence-electron chi connectivity index (χ1n) is 6.31. The zero-order valence-electron chi connectivity index (χ0n) is 10.2. The summed E-state index contributed by atoms with van der Waals surface area (Å²) in [7, 11) is 0. The second-order valence-electron chi connectivity index (χ2n) is 4.63. The van der Waals surface area contributed by atoms with Crippen LogP contribution in [0.2, 0.25) is 0 Å². The van der Waals surface area contributed by atoms with E-state index in [-0.39, 0.29) is 17.6 Å². The highest BCUT2D eigenvalue weighted by molar-refractivity contribution is 5.35. The van der Waals surface area contributed by atoms with Crippen LogP contribution in [0.3, 0.4) is 0 Å². The summed E-state index contributed by atoms with van der Waals surface area (Å²) >= 11 is 0. The standard InChI is InChI=1S/C12H20N4O/c1-2-10-15-11(7-12(17)16-10)14-9-6-4-3-5-8(9)13/h7-9H,2-6,13H2,1H3,(H2,14,15,16,17)/t8-,9-/m1/s1. The Kier molecular flexibility index (Phi) is 3.78. The molecule has 2 rings (SSSR count). The number of nitrogens with two attached hydrogens (primary N) is 1. The zero-order chi connectivity index (χ0) is 12.3. The summed E-state index contributed by atoms with van der Waals surface area (Å²) in [5.41, 5.74) is 5.95. The van der Waals surface area contributed by atoms with Gasteiger partial charge in [-0.25, -0.2) is 4.98 Å². The summed E-state index contributed by atoms with van der Waals surface area (Å²) in [4.78, 5) is 18.5. The molecule has 0 spiro atoms. The summed E-state index contributed by atoms with van der Waals surface area (Å²) in [6, 6.07) is 1.90. The number of rotatable bonds is 3. The van der Waals surface area contributed by atoms with Crippen molar-refractivity contribution in [2.75, 3.05) is 5.32 Å².